The van der Waals surface area contributed by atoms with E-state index >= 15 is 0 Å². The number of rotatable bonds is 48. The molecule has 0 saturated carbocycles. The molecule has 0 aliphatic carbocycles. The topological polar surface area (TPSA) is 218 Å². The van der Waals surface area contributed by atoms with Crippen molar-refractivity contribution in [2.45, 2.75) is 275 Å². The van der Waals surface area contributed by atoms with Gasteiger partial charge in [0, 0.05) is 0 Å². The molecule has 0 amide bonds. The second-order valence-corrected chi connectivity index (χ2v) is 25.2. The Labute approximate surface area is 416 Å². The van der Waals surface area contributed by atoms with E-state index in [1.807, 2.05) is 0 Å². The van der Waals surface area contributed by atoms with Gasteiger partial charge in [0.2, 0.25) is 0 Å². The van der Waals surface area contributed by atoms with E-state index in [0.717, 1.165) is 82.0 Å². The monoisotopic (exact) mass is 1080 g/mol. The summed E-state index contributed by atoms with van der Waals surface area (Å²) in [6, 6.07) is 0. The molecule has 398 valence electrons. The summed E-state index contributed by atoms with van der Waals surface area (Å²) >= 11 is -5.72. The van der Waals surface area contributed by atoms with Gasteiger partial charge < -0.3 is 0 Å². The second kappa shape index (κ2) is 45.6. The molecule has 0 aromatic carbocycles. The van der Waals surface area contributed by atoms with Crippen LogP contribution in [0.25, 0.3) is 0 Å². The van der Waals surface area contributed by atoms with Gasteiger partial charge in [0.25, 0.3) is 0 Å². The molecule has 0 aliphatic heterocycles. The zero-order valence-electron chi connectivity index (χ0n) is 43.0. The third kappa shape index (κ3) is 40.3. The minimum absolute atomic E-state index is 0.0439. The molecular weight excluding hydrogens is 983 g/mol. The van der Waals surface area contributed by atoms with Crippen molar-refractivity contribution in [1.82, 2.24) is 0 Å². The molecule has 68 heavy (non-hydrogen) atoms. The van der Waals surface area contributed by atoms with Gasteiger partial charge in [-0.25, -0.2) is 0 Å². The van der Waals surface area contributed by atoms with Crippen LogP contribution in [-0.2, 0) is 52.2 Å². The molecule has 0 rings (SSSR count). The van der Waals surface area contributed by atoms with E-state index in [1.54, 1.807) is 0 Å². The minimum atomic E-state index is -5.72. The number of hydrogen-bond acceptors (Lipinski definition) is 15. The molecule has 3 N–H and O–H groups in total. The van der Waals surface area contributed by atoms with E-state index in [1.165, 1.54) is 116 Å². The summed E-state index contributed by atoms with van der Waals surface area (Å²) in [6.07, 6.45) is 27.8. The Kier molecular flexibility index (Phi) is 43.9. The van der Waals surface area contributed by atoms with Crippen molar-refractivity contribution in [3.63, 3.8) is 0 Å². The van der Waals surface area contributed by atoms with E-state index in [4.69, 9.17) is 23.4 Å². The van der Waals surface area contributed by atoms with E-state index in [9.17, 15) is 44.1 Å². The van der Waals surface area contributed by atoms with Crippen LogP contribution < -0.4 is 0 Å². The molecule has 16 heteroatoms. The molecule has 3 unspecified atom stereocenters. The molecule has 0 aromatic rings. The van der Waals surface area contributed by atoms with Crippen LogP contribution in [-0.4, -0.2) is 109 Å². The van der Waals surface area contributed by atoms with Gasteiger partial charge in [0.15, 0.2) is 0 Å². The minimum Gasteiger partial charge on any atom is -0.0654 e. The Morgan fingerprint density at radius 3 is 0.691 bits per heavy atom. The summed E-state index contributed by atoms with van der Waals surface area (Å²) in [5.74, 6) is -6.98. The number of esters is 3. The van der Waals surface area contributed by atoms with Crippen molar-refractivity contribution >= 4 is 55.4 Å². The van der Waals surface area contributed by atoms with Crippen LogP contribution in [0, 0.1) is 0 Å². The van der Waals surface area contributed by atoms with E-state index < -0.39 is 93.0 Å². The van der Waals surface area contributed by atoms with Gasteiger partial charge in [-0.1, -0.05) is 136 Å². The number of aliphatic hydroxyl groups excluding tert-OH is 3. The zero-order chi connectivity index (χ0) is 50.5. The van der Waals surface area contributed by atoms with E-state index in [-0.39, 0.29) is 19.8 Å². The maximum absolute atomic E-state index is 13.0. The fraction of sp³-hybridized carbons (Fsp3) is 0.885. The third-order valence-electron chi connectivity index (χ3n) is 11.8. The van der Waals surface area contributed by atoms with Crippen molar-refractivity contribution in [2.24, 2.45) is 0 Å². The Balaban J connectivity index is 5.08. The summed E-state index contributed by atoms with van der Waals surface area (Å²) < 4.78 is 31.4. The molecule has 0 aromatic heterocycles. The summed E-state index contributed by atoms with van der Waals surface area (Å²) in [4.78, 5) is 77.5. The summed E-state index contributed by atoms with van der Waals surface area (Å²) in [5.41, 5.74) is 0. The first kappa shape index (κ1) is 65.5. The fourth-order valence-corrected chi connectivity index (χ4v) is 12.2. The second-order valence-electron chi connectivity index (χ2n) is 18.6. The predicted octanol–water partition coefficient (Wildman–Crippen LogP) is 11.0. The Morgan fingerprint density at radius 2 is 0.500 bits per heavy atom. The Bertz CT molecular complexity index is 1150. The Morgan fingerprint density at radius 1 is 0.324 bits per heavy atom. The average molecular weight is 1080 g/mol. The van der Waals surface area contributed by atoms with E-state index in [2.05, 4.69) is 20.8 Å². The molecule has 3 atom stereocenters. The van der Waals surface area contributed by atoms with Crippen LogP contribution in [0.1, 0.15) is 252 Å². The van der Waals surface area contributed by atoms with Gasteiger partial charge in [0.1, 0.15) is 0 Å². The van der Waals surface area contributed by atoms with Gasteiger partial charge >= 0.3 is 282 Å². The smallest absolute Gasteiger partial charge is 0.0654 e. The van der Waals surface area contributed by atoms with Crippen molar-refractivity contribution < 1.29 is 67.5 Å². The van der Waals surface area contributed by atoms with Crippen LogP contribution in [0.5, 0.6) is 0 Å². The first-order valence-electron chi connectivity index (χ1n) is 27.0. The van der Waals surface area contributed by atoms with Crippen LogP contribution in [0.4, 0.5) is 0 Å². The first-order valence-corrected chi connectivity index (χ1v) is 33.3. The molecule has 0 radical (unpaired) electrons. The standard InChI is InChI=1S/3C17H32O5.CH3.Sn/c3*1-2-3-4-5-6-7-8-9-10-11-12-13-22-17(21)15(18)14-16(19)20;;/h3*15,18H,2-14H2,1H3,(H,19,20);1H3;/q;;;;+3/p-3. The van der Waals surface area contributed by atoms with Gasteiger partial charge in [-0.15, -0.1) is 0 Å². The molecule has 0 bridgehead atoms. The summed E-state index contributed by atoms with van der Waals surface area (Å²) in [7, 11) is 0. The normalized spacial score (nSPS) is 13.5. The van der Waals surface area contributed by atoms with Gasteiger partial charge in [-0.2, -0.15) is 0 Å². The van der Waals surface area contributed by atoms with Crippen LogP contribution in [0.3, 0.4) is 0 Å². The molecule has 0 saturated heterocycles. The third-order valence-corrected chi connectivity index (χ3v) is 16.9. The summed E-state index contributed by atoms with van der Waals surface area (Å²) in [5, 5.41) is 31.3. The zero-order valence-corrected chi connectivity index (χ0v) is 45.9. The summed E-state index contributed by atoms with van der Waals surface area (Å²) in [6.45, 7) is 6.73. The molecule has 0 aliphatic rings. The first-order chi connectivity index (χ1) is 32.8. The van der Waals surface area contributed by atoms with Crippen LogP contribution >= 0.6 is 0 Å². The number of unbranched alkanes of at least 4 members (excludes halogenated alkanes) is 30. The van der Waals surface area contributed by atoms with Gasteiger partial charge in [-0.3, -0.25) is 0 Å². The van der Waals surface area contributed by atoms with Crippen molar-refractivity contribution in [3.05, 3.63) is 0 Å². The van der Waals surface area contributed by atoms with Crippen molar-refractivity contribution in [2.75, 3.05) is 19.8 Å². The predicted molar refractivity (Wildman–Crippen MR) is 264 cm³/mol. The molecule has 0 spiro atoms. The van der Waals surface area contributed by atoms with Gasteiger partial charge in [-0.05, 0) is 0 Å². The van der Waals surface area contributed by atoms with Crippen LogP contribution in [0.15, 0.2) is 0 Å². The number of aliphatic hydroxyl groups is 3. The molecule has 15 nitrogen and oxygen atoms in total. The number of hydrogen-bond donors (Lipinski definition) is 3. The van der Waals surface area contributed by atoms with Crippen molar-refractivity contribution in [3.8, 4) is 0 Å². The Hall–Kier alpha value is -2.50. The fourth-order valence-electron chi connectivity index (χ4n) is 7.64. The molecular formula is C52H96O15Sn. The SMILES string of the molecule is CCCCCCCCCCCCCOC(=O)C(O)CC(=O)[O][Sn]([CH3])([O]C(=O)CC(O)C(=O)OCCCCCCCCCCCCC)[O]C(=O)CC(O)C(=O)OCCCCCCCCCCCCC. The number of carbonyl (C=O) groups is 6. The maximum atomic E-state index is 13.0. The average Bonchev–Trinajstić information content (AvgIpc) is 3.29. The van der Waals surface area contributed by atoms with Gasteiger partial charge in [0.05, 0.1) is 0 Å². The van der Waals surface area contributed by atoms with Crippen LogP contribution in [0.2, 0.25) is 4.94 Å². The molecule has 0 heterocycles. The van der Waals surface area contributed by atoms with Crippen molar-refractivity contribution in [1.29, 1.82) is 0 Å². The quantitative estimate of drug-likeness (QED) is 0.0223. The molecule has 0 fully saturated rings. The van der Waals surface area contributed by atoms with E-state index in [0.29, 0.717) is 19.3 Å². The number of ether oxygens (including phenoxy) is 3. The number of carbonyl (C=O) groups excluding carboxylic acids is 6.